The molecule has 8 nitrogen and oxygen atoms in total. The van der Waals surface area contributed by atoms with E-state index in [1.807, 2.05) is 30.3 Å². The van der Waals surface area contributed by atoms with Crippen LogP contribution in [0.3, 0.4) is 0 Å². The second-order valence-corrected chi connectivity index (χ2v) is 8.82. The number of anilines is 2. The lowest BCUT2D eigenvalue weighted by molar-refractivity contribution is -0.121. The number of rotatable bonds is 1. The first-order valence-corrected chi connectivity index (χ1v) is 11.9. The topological polar surface area (TPSA) is 108 Å². The molecule has 0 atom stereocenters. The summed E-state index contributed by atoms with van der Waals surface area (Å²) in [5.74, 6) is 1.19. The van der Waals surface area contributed by atoms with Gasteiger partial charge in [-0.3, -0.25) is 9.78 Å². The van der Waals surface area contributed by atoms with Gasteiger partial charge in [-0.05, 0) is 43.1 Å². The molecule has 1 aliphatic heterocycles. The van der Waals surface area contributed by atoms with Gasteiger partial charge < -0.3 is 25.4 Å². The standard InChI is InChI=1S/C25H26BrN5O3/c1-33-22-13-21-19-12-23(22)34-10-2-7-28-8-9-29-24(32)6-4-16-3-5-18(26)11-20(16)31-25(19)17(14-27)15-30-21/h3,5,11-13,15,28,31H,2,4,6-10H2,1H3,(H,29,32). The van der Waals surface area contributed by atoms with Crippen LogP contribution < -0.4 is 25.4 Å². The van der Waals surface area contributed by atoms with Crippen molar-refractivity contribution in [2.24, 2.45) is 0 Å². The maximum atomic E-state index is 12.3. The number of carbonyl (C=O) groups is 1. The first-order chi connectivity index (χ1) is 16.6. The van der Waals surface area contributed by atoms with Gasteiger partial charge in [-0.25, -0.2) is 0 Å². The van der Waals surface area contributed by atoms with E-state index in [1.54, 1.807) is 13.3 Å². The Labute approximate surface area is 206 Å². The molecule has 2 heterocycles. The zero-order valence-electron chi connectivity index (χ0n) is 18.9. The SMILES string of the molecule is COc1cc2ncc(C#N)c3c2cc1OCCCNCCNC(=O)CCc1ccc(Br)cc1N3. The molecule has 9 heteroatoms. The first kappa shape index (κ1) is 23.8. The van der Waals surface area contributed by atoms with Crippen LogP contribution in [0.15, 0.2) is 41.0 Å². The number of halogens is 1. The van der Waals surface area contributed by atoms with Crippen molar-refractivity contribution in [3.8, 4) is 17.6 Å². The summed E-state index contributed by atoms with van der Waals surface area (Å²) < 4.78 is 12.5. The summed E-state index contributed by atoms with van der Waals surface area (Å²) in [7, 11) is 1.60. The van der Waals surface area contributed by atoms with E-state index in [0.29, 0.717) is 60.8 Å². The lowest BCUT2D eigenvalue weighted by Gasteiger charge is -2.18. The van der Waals surface area contributed by atoms with Crippen molar-refractivity contribution in [2.75, 3.05) is 38.7 Å². The number of benzene rings is 2. The summed E-state index contributed by atoms with van der Waals surface area (Å²) in [6.07, 6.45) is 3.27. The maximum Gasteiger partial charge on any atom is 0.220 e. The van der Waals surface area contributed by atoms with Gasteiger partial charge in [-0.1, -0.05) is 22.0 Å². The first-order valence-electron chi connectivity index (χ1n) is 11.2. The molecule has 0 aliphatic carbocycles. The highest BCUT2D eigenvalue weighted by atomic mass is 79.9. The number of fused-ring (bicyclic) bond motifs is 2. The van der Waals surface area contributed by atoms with E-state index in [-0.39, 0.29) is 5.91 Å². The van der Waals surface area contributed by atoms with Crippen LogP contribution in [0.2, 0.25) is 0 Å². The minimum atomic E-state index is 0.00364. The summed E-state index contributed by atoms with van der Waals surface area (Å²) in [5, 5.41) is 20.3. The van der Waals surface area contributed by atoms with E-state index in [9.17, 15) is 10.1 Å². The van der Waals surface area contributed by atoms with Gasteiger partial charge in [0.05, 0.1) is 30.5 Å². The highest BCUT2D eigenvalue weighted by molar-refractivity contribution is 9.10. The molecule has 1 amide bonds. The Morgan fingerprint density at radius 3 is 2.88 bits per heavy atom. The normalized spacial score (nSPS) is 15.1. The van der Waals surface area contributed by atoms with Crippen molar-refractivity contribution in [3.63, 3.8) is 0 Å². The van der Waals surface area contributed by atoms with Gasteiger partial charge in [-0.15, -0.1) is 0 Å². The quantitative estimate of drug-likeness (QED) is 0.441. The van der Waals surface area contributed by atoms with Crippen LogP contribution in [0.25, 0.3) is 10.9 Å². The predicted octanol–water partition coefficient (Wildman–Crippen LogP) is 4.04. The van der Waals surface area contributed by atoms with Crippen LogP contribution in [0.5, 0.6) is 11.5 Å². The molecule has 176 valence electrons. The number of nitrogens with zero attached hydrogens (tertiary/aromatic N) is 2. The fourth-order valence-corrected chi connectivity index (χ4v) is 4.20. The van der Waals surface area contributed by atoms with Crippen LogP contribution in [0.1, 0.15) is 24.0 Å². The van der Waals surface area contributed by atoms with Gasteiger partial charge in [0.2, 0.25) is 5.91 Å². The average Bonchev–Trinajstić information content (AvgIpc) is 2.84. The smallest absolute Gasteiger partial charge is 0.220 e. The average molecular weight is 524 g/mol. The van der Waals surface area contributed by atoms with Crippen LogP contribution in [0, 0.1) is 11.3 Å². The van der Waals surface area contributed by atoms with E-state index in [1.165, 1.54) is 0 Å². The molecule has 1 aromatic heterocycles. The molecule has 0 fully saturated rings. The summed E-state index contributed by atoms with van der Waals surface area (Å²) in [6.45, 7) is 2.52. The summed E-state index contributed by atoms with van der Waals surface area (Å²) >= 11 is 3.53. The number of ether oxygens (including phenoxy) is 2. The second kappa shape index (κ2) is 11.2. The number of aromatic nitrogens is 1. The van der Waals surface area contributed by atoms with E-state index < -0.39 is 0 Å². The molecule has 0 unspecified atom stereocenters. The number of amides is 1. The monoisotopic (exact) mass is 523 g/mol. The minimum Gasteiger partial charge on any atom is -0.493 e. The van der Waals surface area contributed by atoms with Crippen molar-refractivity contribution < 1.29 is 14.3 Å². The van der Waals surface area contributed by atoms with Gasteiger partial charge in [-0.2, -0.15) is 5.26 Å². The summed E-state index contributed by atoms with van der Waals surface area (Å²) in [5.41, 5.74) is 3.50. The molecule has 0 radical (unpaired) electrons. The molecule has 0 saturated heterocycles. The van der Waals surface area contributed by atoms with Gasteiger partial charge >= 0.3 is 0 Å². The van der Waals surface area contributed by atoms with Gasteiger partial charge in [0.15, 0.2) is 11.5 Å². The summed E-state index contributed by atoms with van der Waals surface area (Å²) in [6, 6.07) is 11.8. The largest absolute Gasteiger partial charge is 0.493 e. The van der Waals surface area contributed by atoms with Gasteiger partial charge in [0, 0.05) is 47.3 Å². The van der Waals surface area contributed by atoms with E-state index in [2.05, 4.69) is 42.9 Å². The van der Waals surface area contributed by atoms with Crippen molar-refractivity contribution in [2.45, 2.75) is 19.3 Å². The Hall–Kier alpha value is -3.35. The predicted molar refractivity (Wildman–Crippen MR) is 135 cm³/mol. The Bertz CT molecular complexity index is 1240. The third-order valence-electron chi connectivity index (χ3n) is 5.61. The lowest BCUT2D eigenvalue weighted by atomic mass is 10.0. The van der Waals surface area contributed by atoms with E-state index >= 15 is 0 Å². The fraction of sp³-hybridized carbons (Fsp3) is 0.320. The number of carbonyl (C=O) groups excluding carboxylic acids is 1. The Kier molecular flexibility index (Phi) is 7.83. The van der Waals surface area contributed by atoms with Gasteiger partial charge in [0.25, 0.3) is 0 Å². The van der Waals surface area contributed by atoms with Crippen molar-refractivity contribution in [1.29, 1.82) is 5.26 Å². The van der Waals surface area contributed by atoms with Crippen LogP contribution in [-0.4, -0.2) is 44.2 Å². The van der Waals surface area contributed by atoms with E-state index in [4.69, 9.17) is 9.47 Å². The maximum absolute atomic E-state index is 12.3. The molecule has 4 rings (SSSR count). The molecule has 1 aliphatic rings. The third-order valence-corrected chi connectivity index (χ3v) is 6.10. The number of pyridine rings is 1. The molecular weight excluding hydrogens is 498 g/mol. The molecule has 2 bridgehead atoms. The van der Waals surface area contributed by atoms with Crippen molar-refractivity contribution in [1.82, 2.24) is 15.6 Å². The van der Waals surface area contributed by atoms with Crippen molar-refractivity contribution in [3.05, 3.63) is 52.1 Å². The van der Waals surface area contributed by atoms with Crippen LogP contribution in [-0.2, 0) is 11.2 Å². The Morgan fingerprint density at radius 1 is 1.18 bits per heavy atom. The number of nitrogens with one attached hydrogen (secondary N) is 3. The molecule has 34 heavy (non-hydrogen) atoms. The fourth-order valence-electron chi connectivity index (χ4n) is 3.84. The molecule has 0 spiro atoms. The number of nitriles is 1. The number of aryl methyl sites for hydroxylation is 1. The zero-order chi connectivity index (χ0) is 23.9. The van der Waals surface area contributed by atoms with Crippen LogP contribution in [0.4, 0.5) is 11.4 Å². The molecule has 3 aromatic rings. The second-order valence-electron chi connectivity index (χ2n) is 7.91. The number of hydrogen-bond acceptors (Lipinski definition) is 7. The molecule has 3 N–H and O–H groups in total. The third kappa shape index (κ3) is 5.58. The Morgan fingerprint density at radius 2 is 2.06 bits per heavy atom. The minimum absolute atomic E-state index is 0.00364. The van der Waals surface area contributed by atoms with Crippen LogP contribution >= 0.6 is 15.9 Å². The van der Waals surface area contributed by atoms with Crippen molar-refractivity contribution >= 4 is 44.1 Å². The highest BCUT2D eigenvalue weighted by Crippen LogP contribution is 2.38. The molecule has 2 aromatic carbocycles. The molecular formula is C25H26BrN5O3. The zero-order valence-corrected chi connectivity index (χ0v) is 20.5. The van der Waals surface area contributed by atoms with E-state index in [0.717, 1.165) is 34.1 Å². The number of hydrogen-bond donors (Lipinski definition) is 3. The van der Waals surface area contributed by atoms with Gasteiger partial charge in [0.1, 0.15) is 6.07 Å². The Balaban J connectivity index is 1.81. The number of methoxy groups -OCH3 is 1. The highest BCUT2D eigenvalue weighted by Gasteiger charge is 2.16. The molecule has 0 saturated carbocycles. The summed E-state index contributed by atoms with van der Waals surface area (Å²) in [4.78, 5) is 16.8. The lowest BCUT2D eigenvalue weighted by Crippen LogP contribution is -2.32.